The fraction of sp³-hybridized carbons (Fsp3) is 0. The predicted molar refractivity (Wildman–Crippen MR) is 556 cm³/mol. The molecule has 14 aromatic heterocycles. The fourth-order valence-corrected chi connectivity index (χ4v) is 22.3. The van der Waals surface area contributed by atoms with Crippen LogP contribution in [0.25, 0.3) is 280 Å². The maximum Gasteiger partial charge on any atom is 0.153 e. The molecule has 17 aromatic carbocycles. The van der Waals surface area contributed by atoms with Gasteiger partial charge in [0.2, 0.25) is 0 Å². The Balaban J connectivity index is 0.0000000987. The highest BCUT2D eigenvalue weighted by Crippen LogP contribution is 2.50. The van der Waals surface area contributed by atoms with Crippen molar-refractivity contribution in [3.05, 3.63) is 437 Å². The largest absolute Gasteiger partial charge is 0.454 e. The van der Waals surface area contributed by atoms with E-state index in [0.717, 1.165) is 99.5 Å². The first-order valence-electron chi connectivity index (χ1n) is 45.5. The van der Waals surface area contributed by atoms with Gasteiger partial charge in [0.25, 0.3) is 0 Å². The number of fused-ring (bicyclic) bond motifs is 29. The average molecular weight is 1710 g/mol. The van der Waals surface area contributed by atoms with E-state index in [1.54, 1.807) is 0 Å². The van der Waals surface area contributed by atoms with Crippen molar-refractivity contribution in [1.82, 2.24) is 47.3 Å². The summed E-state index contributed by atoms with van der Waals surface area (Å²) >= 11 is 0. The van der Waals surface area contributed by atoms with Crippen molar-refractivity contribution in [1.29, 1.82) is 0 Å². The first kappa shape index (κ1) is 73.8. The van der Waals surface area contributed by atoms with Gasteiger partial charge in [-0.15, -0.1) is 0 Å². The summed E-state index contributed by atoms with van der Waals surface area (Å²) in [6.45, 7) is 0. The molecule has 0 N–H and O–H groups in total. The molecule has 0 aliphatic rings. The van der Waals surface area contributed by atoms with Crippen molar-refractivity contribution in [2.75, 3.05) is 0 Å². The minimum Gasteiger partial charge on any atom is -0.454 e. The molecule has 14 heterocycles. The molecule has 0 atom stereocenters. The van der Waals surface area contributed by atoms with Crippen LogP contribution in [0.2, 0.25) is 0 Å². The zero-order chi connectivity index (χ0) is 87.5. The maximum absolute atomic E-state index is 6.05. The van der Waals surface area contributed by atoms with Crippen molar-refractivity contribution in [2.45, 2.75) is 0 Å². The minimum absolute atomic E-state index is 0.819. The van der Waals surface area contributed by atoms with E-state index >= 15 is 0 Å². The van der Waals surface area contributed by atoms with Crippen molar-refractivity contribution >= 4 is 202 Å². The van der Waals surface area contributed by atoms with Crippen LogP contribution in [0.4, 0.5) is 0 Å². The van der Waals surface area contributed by atoms with Crippen molar-refractivity contribution < 1.29 is 4.42 Å². The van der Waals surface area contributed by atoms with E-state index < -0.39 is 0 Å². The zero-order valence-corrected chi connectivity index (χ0v) is 71.9. The van der Waals surface area contributed by atoms with Crippen LogP contribution < -0.4 is 0 Å². The molecule has 0 fully saturated rings. The standard InChI is InChI=1S/2C44H26N4.C35H20N2O/c1-2-10-29(11-3-1)47-40-17-6-4-12-32(40)35-25-39(46-26-43(35)47)27-19-20-42-34(22-27)37-24-28(30-14-8-16-38-31(30)15-9-21-45-38)23-36-33-13-5-7-18-41(33)48(42)44(36)37;1-2-9-32(10-3-1)47-41-19-17-29(23-37(41)43-42(47)13-7-21-46-43)31-24-35-33-11-4-5-12-39(33)48-40-18-16-28(22-34(40)36(25-31)44(35)48)30-15-14-27-8-6-20-45-38(27)26-30;1-2-7-21(8-3-1)22-12-14-31-26(17-22)28-20-24(19-27-25-9-4-5-10-30(25)37(31)35(27)28)23-13-15-32-29(18-23)34-33(38-32)11-6-16-36-34/h2*1-26H;1-20H. The molecule has 31 aromatic rings. The van der Waals surface area contributed by atoms with Gasteiger partial charge in [-0.25, -0.2) is 0 Å². The molecule has 0 saturated heterocycles. The first-order chi connectivity index (χ1) is 66.4. The van der Waals surface area contributed by atoms with Crippen LogP contribution >= 0.6 is 0 Å². The lowest BCUT2D eigenvalue weighted by Crippen LogP contribution is -1.93. The number of hydrogen-bond acceptors (Lipinski definition) is 6. The molecule has 0 spiro atoms. The third-order valence-electron chi connectivity index (χ3n) is 28.2. The highest BCUT2D eigenvalue weighted by Gasteiger charge is 2.27. The molecule has 0 saturated carbocycles. The summed E-state index contributed by atoms with van der Waals surface area (Å²) in [4.78, 5) is 23.8. The van der Waals surface area contributed by atoms with E-state index in [1.807, 2.05) is 61.3 Å². The van der Waals surface area contributed by atoms with Crippen LogP contribution in [0.1, 0.15) is 0 Å². The maximum atomic E-state index is 6.05. The van der Waals surface area contributed by atoms with Gasteiger partial charge in [-0.2, -0.15) is 0 Å². The molecule has 31 rings (SSSR count). The van der Waals surface area contributed by atoms with Crippen LogP contribution in [0.5, 0.6) is 0 Å². The summed E-state index contributed by atoms with van der Waals surface area (Å²) in [5.74, 6) is 0. The Hall–Kier alpha value is -18.2. The Morgan fingerprint density at radius 2 is 0.582 bits per heavy atom. The lowest BCUT2D eigenvalue weighted by Gasteiger charge is -2.08. The molecule has 0 unspecified atom stereocenters. The van der Waals surface area contributed by atoms with Gasteiger partial charge in [0.05, 0.1) is 100 Å². The number of benzene rings is 17. The normalized spacial score (nSPS) is 12.2. The zero-order valence-electron chi connectivity index (χ0n) is 71.9. The number of furan rings is 1. The molecule has 0 radical (unpaired) electrons. The van der Waals surface area contributed by atoms with Gasteiger partial charge < -0.3 is 26.8 Å². The van der Waals surface area contributed by atoms with Gasteiger partial charge in [0, 0.05) is 139 Å². The smallest absolute Gasteiger partial charge is 0.153 e. The lowest BCUT2D eigenvalue weighted by molar-refractivity contribution is 0.668. The number of nitrogens with zero attached hydrogens (tertiary/aromatic N) is 10. The SMILES string of the molecule is c1ccc(-c2ccc3c(c2)c2cc(-c4ccc5oc6cccnc6c5c4)cc4c5ccccc5n3c42)cc1.c1ccc(-n2c3ccc(-c4cc5c6ccccc6n6c7ccc(-c8ccc9cccnc9c8)cc7c(c4)c56)cc3c3ncccc32)cc1.c1ccc(-n2c3ccccc3c3cc(-c4ccc5c(c4)c4cc(-c6cccc7ncccc67)cc6c7ccccc7n5c64)ncc32)cc1. The van der Waals surface area contributed by atoms with E-state index in [-0.39, 0.29) is 0 Å². The van der Waals surface area contributed by atoms with E-state index in [1.165, 1.54) is 181 Å². The number of para-hydroxylation sites is 6. The summed E-state index contributed by atoms with van der Waals surface area (Å²) in [6, 6.07) is 146. The molecular weight excluding hydrogens is 1630 g/mol. The summed E-state index contributed by atoms with van der Waals surface area (Å²) in [5, 5.41) is 22.1. The van der Waals surface area contributed by atoms with E-state index in [9.17, 15) is 0 Å². The monoisotopic (exact) mass is 1700 g/mol. The predicted octanol–water partition coefficient (Wildman–Crippen LogP) is 31.9. The van der Waals surface area contributed by atoms with Crippen molar-refractivity contribution in [3.8, 4) is 78.3 Å². The minimum atomic E-state index is 0.819. The van der Waals surface area contributed by atoms with Gasteiger partial charge in [-0.3, -0.25) is 24.9 Å². The van der Waals surface area contributed by atoms with Crippen molar-refractivity contribution in [2.24, 2.45) is 0 Å². The van der Waals surface area contributed by atoms with Crippen LogP contribution in [0.3, 0.4) is 0 Å². The van der Waals surface area contributed by atoms with Crippen LogP contribution in [0.15, 0.2) is 442 Å². The second-order valence-electron chi connectivity index (χ2n) is 35.4. The van der Waals surface area contributed by atoms with Crippen molar-refractivity contribution in [3.63, 3.8) is 0 Å². The third-order valence-corrected chi connectivity index (χ3v) is 28.2. The molecule has 134 heavy (non-hydrogen) atoms. The molecule has 0 amide bonds. The Morgan fingerprint density at radius 3 is 1.20 bits per heavy atom. The van der Waals surface area contributed by atoms with E-state index in [4.69, 9.17) is 14.4 Å². The molecule has 11 heteroatoms. The molecule has 11 nitrogen and oxygen atoms in total. The molecular formula is C123H72N10O. The average Bonchev–Trinajstić information content (AvgIpc) is 1.54. The molecule has 620 valence electrons. The Labute approximate surface area is 764 Å². The summed E-state index contributed by atoms with van der Waals surface area (Å²) < 4.78 is 18.0. The van der Waals surface area contributed by atoms with Gasteiger partial charge in [-0.05, 0) is 256 Å². The van der Waals surface area contributed by atoms with Crippen LogP contribution in [-0.4, -0.2) is 47.3 Å². The number of hydrogen-bond donors (Lipinski definition) is 0. The fourth-order valence-electron chi connectivity index (χ4n) is 22.3. The number of aromatic nitrogens is 10. The third kappa shape index (κ3) is 11.0. The first-order valence-corrected chi connectivity index (χ1v) is 45.5. The van der Waals surface area contributed by atoms with E-state index in [2.05, 4.69) is 413 Å². The highest BCUT2D eigenvalue weighted by atomic mass is 16.3. The topological polar surface area (TPSA) is 101 Å². The number of pyridine rings is 5. The van der Waals surface area contributed by atoms with Gasteiger partial charge in [-0.1, -0.05) is 206 Å². The second kappa shape index (κ2) is 28.7. The summed E-state index contributed by atoms with van der Waals surface area (Å²) in [6.07, 6.45) is 9.49. The lowest BCUT2D eigenvalue weighted by atomic mass is 9.96. The number of rotatable bonds is 8. The van der Waals surface area contributed by atoms with Gasteiger partial charge in [0.15, 0.2) is 5.58 Å². The van der Waals surface area contributed by atoms with E-state index in [0.29, 0.717) is 0 Å². The van der Waals surface area contributed by atoms with Gasteiger partial charge >= 0.3 is 0 Å². The highest BCUT2D eigenvalue weighted by molar-refractivity contribution is 6.29. The van der Waals surface area contributed by atoms with Crippen LogP contribution in [0, 0.1) is 0 Å². The Morgan fingerprint density at radius 1 is 0.187 bits per heavy atom. The molecule has 0 aliphatic carbocycles. The Kier molecular flexibility index (Phi) is 15.8. The van der Waals surface area contributed by atoms with Crippen LogP contribution in [-0.2, 0) is 0 Å². The molecule has 0 aliphatic heterocycles. The Bertz CT molecular complexity index is 10300. The quantitative estimate of drug-likeness (QED) is 0.150. The summed E-state index contributed by atoms with van der Waals surface area (Å²) in [5.41, 5.74) is 37.7. The summed E-state index contributed by atoms with van der Waals surface area (Å²) in [7, 11) is 0. The van der Waals surface area contributed by atoms with Gasteiger partial charge in [0.1, 0.15) is 11.1 Å². The molecule has 0 bridgehead atoms. The second-order valence-corrected chi connectivity index (χ2v) is 35.4.